The van der Waals surface area contributed by atoms with Gasteiger partial charge in [0.15, 0.2) is 5.65 Å². The number of amides is 1. The monoisotopic (exact) mass is 493 g/mol. The second-order valence-electron chi connectivity index (χ2n) is 9.01. The van der Waals surface area contributed by atoms with Crippen LogP contribution in [0.15, 0.2) is 61.2 Å². The lowest BCUT2D eigenvalue weighted by Crippen LogP contribution is -2.17. The van der Waals surface area contributed by atoms with Crippen LogP contribution in [0.5, 0.6) is 0 Å². The molecule has 0 aliphatic heterocycles. The molecule has 8 nitrogen and oxygen atoms in total. The van der Waals surface area contributed by atoms with Crippen LogP contribution < -0.4 is 5.32 Å². The first-order valence-electron chi connectivity index (χ1n) is 11.6. The maximum atomic E-state index is 12.1. The van der Waals surface area contributed by atoms with Gasteiger partial charge in [-0.25, -0.2) is 9.97 Å². The molecule has 1 amide bonds. The highest BCUT2D eigenvalue weighted by molar-refractivity contribution is 7.15. The number of pyridine rings is 3. The molecule has 6 aromatic rings. The van der Waals surface area contributed by atoms with Gasteiger partial charge in [0.1, 0.15) is 11.3 Å². The molecule has 0 atom stereocenters. The van der Waals surface area contributed by atoms with Crippen LogP contribution in [0, 0.1) is 12.8 Å². The predicted octanol–water partition coefficient (Wildman–Crippen LogP) is 6.19. The van der Waals surface area contributed by atoms with E-state index in [1.807, 2.05) is 38.2 Å². The molecule has 0 fully saturated rings. The van der Waals surface area contributed by atoms with Crippen molar-refractivity contribution in [1.29, 1.82) is 0 Å². The molecule has 0 spiro atoms. The summed E-state index contributed by atoms with van der Waals surface area (Å²) >= 11 is 1.77. The van der Waals surface area contributed by atoms with Crippen LogP contribution in [-0.2, 0) is 4.79 Å². The summed E-state index contributed by atoms with van der Waals surface area (Å²) in [4.78, 5) is 31.5. The summed E-state index contributed by atoms with van der Waals surface area (Å²) < 4.78 is 0. The molecule has 0 aliphatic rings. The zero-order chi connectivity index (χ0) is 24.8. The number of aryl methyl sites for hydroxylation is 1. The van der Waals surface area contributed by atoms with E-state index in [0.29, 0.717) is 11.3 Å². The highest BCUT2D eigenvalue weighted by atomic mass is 32.1. The summed E-state index contributed by atoms with van der Waals surface area (Å²) in [6.07, 6.45) is 7.01. The average Bonchev–Trinajstić information content (AvgIpc) is 3.61. The smallest absolute Gasteiger partial charge is 0.226 e. The first-order chi connectivity index (χ1) is 17.5. The largest absolute Gasteiger partial charge is 0.338 e. The summed E-state index contributed by atoms with van der Waals surface area (Å²) in [7, 11) is 0. The number of nitrogens with zero attached hydrogens (tertiary/aromatic N) is 4. The van der Waals surface area contributed by atoms with Gasteiger partial charge in [-0.15, -0.1) is 11.3 Å². The molecular formula is C27H23N7OS. The molecule has 36 heavy (non-hydrogen) atoms. The maximum absolute atomic E-state index is 12.1. The van der Waals surface area contributed by atoms with Gasteiger partial charge in [0, 0.05) is 61.7 Å². The van der Waals surface area contributed by atoms with Crippen molar-refractivity contribution in [3.63, 3.8) is 0 Å². The number of nitrogens with one attached hydrogen (secondary N) is 3. The SMILES string of the molecule is Cc1ccc(-c2ccnc3[nH]c(-c4n[nH]c5ncc(-c6cncc(NC(=O)C(C)C)c6)cc45)cc23)s1. The molecule has 0 aromatic carbocycles. The first kappa shape index (κ1) is 22.1. The lowest BCUT2D eigenvalue weighted by Gasteiger charge is -2.09. The number of carbonyl (C=O) groups excluding carboxylic acids is 1. The van der Waals surface area contributed by atoms with Gasteiger partial charge in [0.2, 0.25) is 5.91 Å². The number of thiophene rings is 1. The Morgan fingerprint density at radius 3 is 2.64 bits per heavy atom. The number of anilines is 1. The molecule has 3 N–H and O–H groups in total. The minimum absolute atomic E-state index is 0.0517. The number of H-pyrrole nitrogens is 2. The predicted molar refractivity (Wildman–Crippen MR) is 144 cm³/mol. The van der Waals surface area contributed by atoms with E-state index in [1.54, 1.807) is 29.9 Å². The zero-order valence-electron chi connectivity index (χ0n) is 20.0. The standard InChI is InChI=1S/C27H23N7OS/c1-14(2)27(35)31-18-8-16(11-28-13-18)17-9-21-24(33-34-26(21)30-12-17)22-10-20-19(6-7-29-25(20)32-22)23-5-4-15(3)36-23/h4-14H,1-3H3,(H,29,32)(H,31,35)(H,30,33,34). The van der Waals surface area contributed by atoms with E-state index in [-0.39, 0.29) is 11.8 Å². The first-order valence-corrected chi connectivity index (χ1v) is 12.4. The van der Waals surface area contributed by atoms with Crippen LogP contribution in [0.4, 0.5) is 5.69 Å². The normalized spacial score (nSPS) is 11.6. The Morgan fingerprint density at radius 1 is 0.972 bits per heavy atom. The molecule has 0 bridgehead atoms. The third-order valence-electron chi connectivity index (χ3n) is 6.07. The Hall–Kier alpha value is -4.37. The molecule has 0 aliphatic carbocycles. The molecule has 9 heteroatoms. The van der Waals surface area contributed by atoms with Crippen molar-refractivity contribution in [3.8, 4) is 33.0 Å². The van der Waals surface area contributed by atoms with Crippen LogP contribution in [0.1, 0.15) is 18.7 Å². The molecule has 6 rings (SSSR count). The van der Waals surface area contributed by atoms with Gasteiger partial charge in [-0.3, -0.25) is 14.9 Å². The van der Waals surface area contributed by atoms with Crippen molar-refractivity contribution in [1.82, 2.24) is 30.1 Å². The van der Waals surface area contributed by atoms with Gasteiger partial charge < -0.3 is 10.3 Å². The Balaban J connectivity index is 1.41. The van der Waals surface area contributed by atoms with E-state index in [1.165, 1.54) is 9.75 Å². The van der Waals surface area contributed by atoms with Crippen molar-refractivity contribution in [3.05, 3.63) is 66.1 Å². The van der Waals surface area contributed by atoms with Gasteiger partial charge in [0.05, 0.1) is 17.6 Å². The topological polar surface area (TPSA) is 112 Å². The number of rotatable bonds is 5. The van der Waals surface area contributed by atoms with Gasteiger partial charge in [-0.1, -0.05) is 13.8 Å². The van der Waals surface area contributed by atoms with Crippen molar-refractivity contribution < 1.29 is 4.79 Å². The van der Waals surface area contributed by atoms with Gasteiger partial charge in [0.25, 0.3) is 0 Å². The quantitative estimate of drug-likeness (QED) is 0.265. The number of hydrogen-bond acceptors (Lipinski definition) is 6. The Kier molecular flexibility index (Phi) is 5.34. The van der Waals surface area contributed by atoms with Crippen molar-refractivity contribution in [2.24, 2.45) is 5.92 Å². The van der Waals surface area contributed by atoms with Crippen molar-refractivity contribution in [2.45, 2.75) is 20.8 Å². The number of carbonyl (C=O) groups is 1. The van der Waals surface area contributed by atoms with Crippen LogP contribution in [-0.4, -0.2) is 36.0 Å². The van der Waals surface area contributed by atoms with E-state index < -0.39 is 0 Å². The molecule has 6 aromatic heterocycles. The highest BCUT2D eigenvalue weighted by Gasteiger charge is 2.16. The lowest BCUT2D eigenvalue weighted by atomic mass is 10.1. The Morgan fingerprint density at radius 2 is 1.83 bits per heavy atom. The van der Waals surface area contributed by atoms with Crippen LogP contribution in [0.25, 0.3) is 55.0 Å². The van der Waals surface area contributed by atoms with E-state index >= 15 is 0 Å². The van der Waals surface area contributed by atoms with E-state index in [9.17, 15) is 4.79 Å². The van der Waals surface area contributed by atoms with Crippen LogP contribution in [0.3, 0.4) is 0 Å². The summed E-state index contributed by atoms with van der Waals surface area (Å²) in [5, 5.41) is 12.4. The molecule has 6 heterocycles. The van der Waals surface area contributed by atoms with Crippen LogP contribution >= 0.6 is 11.3 Å². The molecular weight excluding hydrogens is 470 g/mol. The summed E-state index contributed by atoms with van der Waals surface area (Å²) in [6, 6.07) is 12.4. The third kappa shape index (κ3) is 3.93. The van der Waals surface area contributed by atoms with Crippen LogP contribution in [0.2, 0.25) is 0 Å². The molecule has 0 saturated carbocycles. The minimum Gasteiger partial charge on any atom is -0.338 e. The lowest BCUT2D eigenvalue weighted by molar-refractivity contribution is -0.118. The fourth-order valence-electron chi connectivity index (χ4n) is 4.17. The Bertz CT molecular complexity index is 1740. The highest BCUT2D eigenvalue weighted by Crippen LogP contribution is 2.36. The van der Waals surface area contributed by atoms with E-state index in [0.717, 1.165) is 44.5 Å². The van der Waals surface area contributed by atoms with E-state index in [4.69, 9.17) is 0 Å². The number of fused-ring (bicyclic) bond motifs is 2. The number of aromatic nitrogens is 6. The van der Waals surface area contributed by atoms with Crippen molar-refractivity contribution in [2.75, 3.05) is 5.32 Å². The zero-order valence-corrected chi connectivity index (χ0v) is 20.8. The minimum atomic E-state index is -0.115. The molecule has 0 radical (unpaired) electrons. The Labute approximate surface area is 210 Å². The summed E-state index contributed by atoms with van der Waals surface area (Å²) in [5.41, 5.74) is 6.65. The summed E-state index contributed by atoms with van der Waals surface area (Å²) in [6.45, 7) is 5.82. The fourth-order valence-corrected chi connectivity index (χ4v) is 5.08. The molecule has 178 valence electrons. The fraction of sp³-hybridized carbons (Fsp3) is 0.148. The molecule has 0 unspecified atom stereocenters. The van der Waals surface area contributed by atoms with E-state index in [2.05, 4.69) is 60.6 Å². The maximum Gasteiger partial charge on any atom is 0.226 e. The second kappa shape index (κ2) is 8.69. The summed E-state index contributed by atoms with van der Waals surface area (Å²) in [5.74, 6) is -0.167. The third-order valence-corrected chi connectivity index (χ3v) is 7.11. The van der Waals surface area contributed by atoms with Gasteiger partial charge in [-0.2, -0.15) is 5.10 Å². The second-order valence-corrected chi connectivity index (χ2v) is 10.3. The van der Waals surface area contributed by atoms with Gasteiger partial charge in [-0.05, 0) is 43.3 Å². The molecule has 0 saturated heterocycles. The number of hydrogen-bond donors (Lipinski definition) is 3. The average molecular weight is 494 g/mol. The van der Waals surface area contributed by atoms with Gasteiger partial charge >= 0.3 is 0 Å². The number of aromatic amines is 2. The van der Waals surface area contributed by atoms with Crippen molar-refractivity contribution >= 4 is 45.0 Å².